The number of rotatable bonds is 9. The van der Waals surface area contributed by atoms with Crippen molar-refractivity contribution in [3.8, 4) is 5.75 Å². The highest BCUT2D eigenvalue weighted by Gasteiger charge is 2.32. The van der Waals surface area contributed by atoms with Crippen molar-refractivity contribution in [1.82, 2.24) is 14.9 Å². The average Bonchev–Trinajstić information content (AvgIpc) is 3.68. The van der Waals surface area contributed by atoms with E-state index in [1.165, 1.54) is 30.3 Å². The Morgan fingerprint density at radius 1 is 1.05 bits per heavy atom. The Kier molecular flexibility index (Phi) is 7.11. The van der Waals surface area contributed by atoms with E-state index in [1.807, 2.05) is 4.57 Å². The predicted octanol–water partition coefficient (Wildman–Crippen LogP) is 5.58. The SMILES string of the molecule is CCS(=O)(=O)c1ccc(CNC(=O)c2ccc3c(c2)nc(C2CC2)n3Cc2cccc(OC(F)(F)F)c2)cc1. The third-order valence-electron chi connectivity index (χ3n) is 6.57. The number of aromatic nitrogens is 2. The third-order valence-corrected chi connectivity index (χ3v) is 8.32. The van der Waals surface area contributed by atoms with Gasteiger partial charge in [0.05, 0.1) is 21.7 Å². The minimum atomic E-state index is -4.77. The number of nitrogens with one attached hydrogen (secondary N) is 1. The van der Waals surface area contributed by atoms with Gasteiger partial charge in [0, 0.05) is 24.6 Å². The van der Waals surface area contributed by atoms with E-state index in [0.717, 1.165) is 29.7 Å². The van der Waals surface area contributed by atoms with Gasteiger partial charge in [-0.15, -0.1) is 13.2 Å². The van der Waals surface area contributed by atoms with Gasteiger partial charge in [0.15, 0.2) is 9.84 Å². The molecule has 0 aliphatic heterocycles. The van der Waals surface area contributed by atoms with E-state index < -0.39 is 16.2 Å². The lowest BCUT2D eigenvalue weighted by molar-refractivity contribution is -0.274. The molecule has 1 amide bonds. The van der Waals surface area contributed by atoms with E-state index in [1.54, 1.807) is 43.3 Å². The van der Waals surface area contributed by atoms with E-state index in [9.17, 15) is 26.4 Å². The van der Waals surface area contributed by atoms with Gasteiger partial charge in [0.25, 0.3) is 5.91 Å². The second kappa shape index (κ2) is 10.4. The second-order valence-corrected chi connectivity index (χ2v) is 11.7. The monoisotopic (exact) mass is 557 g/mol. The van der Waals surface area contributed by atoms with Crippen molar-refractivity contribution >= 4 is 26.8 Å². The Labute approximate surface area is 223 Å². The Bertz CT molecular complexity index is 1630. The standard InChI is InChI=1S/C28H26F3N3O4S/c1-2-39(36,37)23-11-6-18(7-12-23)16-32-27(35)21-10-13-25-24(15-21)33-26(20-8-9-20)34(25)17-19-4-3-5-22(14-19)38-28(29,30)31/h3-7,10-15,20H,2,8-9,16-17H2,1H3,(H,32,35). The first kappa shape index (κ1) is 26.7. The number of carbonyl (C=O) groups is 1. The molecule has 0 saturated heterocycles. The minimum Gasteiger partial charge on any atom is -0.406 e. The van der Waals surface area contributed by atoms with Crippen molar-refractivity contribution in [2.24, 2.45) is 0 Å². The zero-order valence-corrected chi connectivity index (χ0v) is 21.8. The molecule has 1 aromatic heterocycles. The van der Waals surface area contributed by atoms with Crippen molar-refractivity contribution in [2.75, 3.05) is 5.75 Å². The first-order chi connectivity index (χ1) is 18.5. The molecular formula is C28H26F3N3O4S. The normalized spacial score (nSPS) is 13.9. The van der Waals surface area contributed by atoms with E-state index in [-0.39, 0.29) is 34.8 Å². The molecule has 11 heteroatoms. The summed E-state index contributed by atoms with van der Waals surface area (Å²) in [5, 5.41) is 2.84. The van der Waals surface area contributed by atoms with Crippen LogP contribution in [-0.4, -0.2) is 36.0 Å². The second-order valence-electron chi connectivity index (χ2n) is 9.46. The van der Waals surface area contributed by atoms with Gasteiger partial charge in [0.2, 0.25) is 0 Å². The predicted molar refractivity (Wildman–Crippen MR) is 139 cm³/mol. The molecule has 0 radical (unpaired) electrons. The van der Waals surface area contributed by atoms with Crippen LogP contribution in [0.2, 0.25) is 0 Å². The number of hydrogen-bond acceptors (Lipinski definition) is 5. The fourth-order valence-corrected chi connectivity index (χ4v) is 5.28. The number of fused-ring (bicyclic) bond motifs is 1. The van der Waals surface area contributed by atoms with Crippen LogP contribution in [0.3, 0.4) is 0 Å². The van der Waals surface area contributed by atoms with E-state index in [4.69, 9.17) is 4.98 Å². The molecule has 0 atom stereocenters. The smallest absolute Gasteiger partial charge is 0.406 e. The summed E-state index contributed by atoms with van der Waals surface area (Å²) in [6.45, 7) is 2.12. The highest BCUT2D eigenvalue weighted by atomic mass is 32.2. The summed E-state index contributed by atoms with van der Waals surface area (Å²) < 4.78 is 68.0. The van der Waals surface area contributed by atoms with Gasteiger partial charge in [-0.2, -0.15) is 0 Å². The molecule has 1 heterocycles. The van der Waals surface area contributed by atoms with Crippen LogP contribution < -0.4 is 10.1 Å². The Balaban J connectivity index is 1.34. The first-order valence-electron chi connectivity index (χ1n) is 12.5. The molecule has 7 nitrogen and oxygen atoms in total. The van der Waals surface area contributed by atoms with Crippen LogP contribution in [0.15, 0.2) is 71.6 Å². The molecule has 1 saturated carbocycles. The van der Waals surface area contributed by atoms with Crippen LogP contribution >= 0.6 is 0 Å². The topological polar surface area (TPSA) is 90.3 Å². The summed E-state index contributed by atoms with van der Waals surface area (Å²) >= 11 is 0. The number of ether oxygens (including phenoxy) is 1. The molecule has 1 aliphatic carbocycles. The summed E-state index contributed by atoms with van der Waals surface area (Å²) in [5.74, 6) is 0.540. The van der Waals surface area contributed by atoms with Gasteiger partial charge < -0.3 is 14.6 Å². The molecule has 39 heavy (non-hydrogen) atoms. The molecule has 3 aromatic carbocycles. The number of sulfone groups is 1. The molecule has 204 valence electrons. The summed E-state index contributed by atoms with van der Waals surface area (Å²) in [6.07, 6.45) is -2.81. The number of carbonyl (C=O) groups excluding carboxylic acids is 1. The van der Waals surface area contributed by atoms with Gasteiger partial charge >= 0.3 is 6.36 Å². The Morgan fingerprint density at radius 3 is 2.46 bits per heavy atom. The van der Waals surface area contributed by atoms with Gasteiger partial charge in [0.1, 0.15) is 11.6 Å². The largest absolute Gasteiger partial charge is 0.573 e. The fourth-order valence-electron chi connectivity index (χ4n) is 4.40. The fraction of sp³-hybridized carbons (Fsp3) is 0.286. The highest BCUT2D eigenvalue weighted by Crippen LogP contribution is 2.41. The molecule has 0 unspecified atom stereocenters. The molecular weight excluding hydrogens is 531 g/mol. The van der Waals surface area contributed by atoms with Crippen LogP contribution in [0.25, 0.3) is 11.0 Å². The van der Waals surface area contributed by atoms with Crippen LogP contribution in [0.4, 0.5) is 13.2 Å². The molecule has 5 rings (SSSR count). The van der Waals surface area contributed by atoms with Gasteiger partial charge in [-0.25, -0.2) is 13.4 Å². The van der Waals surface area contributed by atoms with Crippen LogP contribution in [-0.2, 0) is 22.9 Å². The van der Waals surface area contributed by atoms with Crippen molar-refractivity contribution in [2.45, 2.75) is 50.0 Å². The highest BCUT2D eigenvalue weighted by molar-refractivity contribution is 7.91. The number of amides is 1. The zero-order valence-electron chi connectivity index (χ0n) is 21.0. The van der Waals surface area contributed by atoms with Crippen molar-refractivity contribution in [3.05, 3.63) is 89.2 Å². The Morgan fingerprint density at radius 2 is 1.79 bits per heavy atom. The molecule has 1 N–H and O–H groups in total. The van der Waals surface area contributed by atoms with E-state index in [0.29, 0.717) is 23.2 Å². The van der Waals surface area contributed by atoms with Crippen molar-refractivity contribution in [3.63, 3.8) is 0 Å². The Hall–Kier alpha value is -3.86. The zero-order chi connectivity index (χ0) is 27.8. The molecule has 0 spiro atoms. The van der Waals surface area contributed by atoms with Crippen LogP contribution in [0, 0.1) is 0 Å². The van der Waals surface area contributed by atoms with Crippen LogP contribution in [0.1, 0.15) is 53.0 Å². The minimum absolute atomic E-state index is 0.0165. The molecule has 4 aromatic rings. The first-order valence-corrected chi connectivity index (χ1v) is 14.1. The van der Waals surface area contributed by atoms with Crippen LogP contribution in [0.5, 0.6) is 5.75 Å². The summed E-state index contributed by atoms with van der Waals surface area (Å²) in [6, 6.07) is 17.5. The lowest BCUT2D eigenvalue weighted by Crippen LogP contribution is -2.22. The molecule has 0 bridgehead atoms. The molecule has 1 fully saturated rings. The number of hydrogen-bond donors (Lipinski definition) is 1. The maximum Gasteiger partial charge on any atom is 0.573 e. The van der Waals surface area contributed by atoms with Gasteiger partial charge in [-0.05, 0) is 66.4 Å². The van der Waals surface area contributed by atoms with Gasteiger partial charge in [-0.3, -0.25) is 4.79 Å². The van der Waals surface area contributed by atoms with Crippen molar-refractivity contribution in [1.29, 1.82) is 0 Å². The number of benzene rings is 3. The maximum atomic E-state index is 12.9. The van der Waals surface area contributed by atoms with Crippen molar-refractivity contribution < 1.29 is 31.1 Å². The lowest BCUT2D eigenvalue weighted by Gasteiger charge is -2.12. The van der Waals surface area contributed by atoms with Gasteiger partial charge in [-0.1, -0.05) is 31.2 Å². The number of halogens is 3. The third kappa shape index (κ3) is 6.25. The number of imidazole rings is 1. The average molecular weight is 558 g/mol. The quantitative estimate of drug-likeness (QED) is 0.290. The summed E-state index contributed by atoms with van der Waals surface area (Å²) in [4.78, 5) is 17.9. The lowest BCUT2D eigenvalue weighted by atomic mass is 10.1. The van der Waals surface area contributed by atoms with E-state index >= 15 is 0 Å². The number of nitrogens with zero attached hydrogens (tertiary/aromatic N) is 2. The van der Waals surface area contributed by atoms with E-state index in [2.05, 4.69) is 10.1 Å². The summed E-state index contributed by atoms with van der Waals surface area (Å²) in [5.41, 5.74) is 3.22. The summed E-state index contributed by atoms with van der Waals surface area (Å²) in [7, 11) is -3.29. The maximum absolute atomic E-state index is 12.9. The molecule has 1 aliphatic rings. The number of alkyl halides is 3.